The summed E-state index contributed by atoms with van der Waals surface area (Å²) >= 11 is 0. The number of para-hydroxylation sites is 1. The number of nitrogens with one attached hydrogen (secondary N) is 2. The average Bonchev–Trinajstić information content (AvgIpc) is 3.23. The van der Waals surface area contributed by atoms with Gasteiger partial charge in [-0.2, -0.15) is 0 Å². The molecule has 0 bridgehead atoms. The van der Waals surface area contributed by atoms with Crippen LogP contribution in [0.3, 0.4) is 0 Å². The molecule has 9 heteroatoms. The van der Waals surface area contributed by atoms with E-state index in [2.05, 4.69) is 15.3 Å². The second-order valence-electron chi connectivity index (χ2n) is 8.05. The SMILES string of the molecule is COc1c(-c2cccc3[nH]c(C)nc23)ccc(C(=O)N(C)c2ccc(C)cc2C(=O)O)c1NC=O. The minimum Gasteiger partial charge on any atom is -0.494 e. The number of nitrogens with zero attached hydrogens (tertiary/aromatic N) is 2. The van der Waals surface area contributed by atoms with Crippen molar-refractivity contribution in [2.75, 3.05) is 24.4 Å². The lowest BCUT2D eigenvalue weighted by molar-refractivity contribution is -0.105. The number of H-pyrrole nitrogens is 1. The van der Waals surface area contributed by atoms with Crippen LogP contribution >= 0.6 is 0 Å². The number of imidazole rings is 1. The Labute approximate surface area is 201 Å². The number of aromatic amines is 1. The van der Waals surface area contributed by atoms with Gasteiger partial charge in [0.2, 0.25) is 6.41 Å². The zero-order valence-electron chi connectivity index (χ0n) is 19.7. The minimum atomic E-state index is -1.15. The molecule has 0 saturated heterocycles. The monoisotopic (exact) mass is 472 g/mol. The van der Waals surface area contributed by atoms with Crippen LogP contribution in [-0.2, 0) is 4.79 Å². The van der Waals surface area contributed by atoms with Gasteiger partial charge in [0.15, 0.2) is 5.75 Å². The fourth-order valence-corrected chi connectivity index (χ4v) is 4.16. The predicted molar refractivity (Wildman–Crippen MR) is 133 cm³/mol. The van der Waals surface area contributed by atoms with Crippen molar-refractivity contribution in [3.05, 3.63) is 71.0 Å². The molecule has 0 atom stereocenters. The van der Waals surface area contributed by atoms with Crippen LogP contribution in [0.4, 0.5) is 11.4 Å². The maximum atomic E-state index is 13.5. The quantitative estimate of drug-likeness (QED) is 0.343. The Morgan fingerprint density at radius 1 is 1.09 bits per heavy atom. The molecule has 4 aromatic rings. The lowest BCUT2D eigenvalue weighted by Gasteiger charge is -2.23. The number of methoxy groups -OCH3 is 1. The van der Waals surface area contributed by atoms with Crippen molar-refractivity contribution in [3.8, 4) is 16.9 Å². The first-order valence-corrected chi connectivity index (χ1v) is 10.8. The number of benzene rings is 3. The lowest BCUT2D eigenvalue weighted by Crippen LogP contribution is -2.29. The van der Waals surface area contributed by atoms with Crippen molar-refractivity contribution in [1.29, 1.82) is 0 Å². The Bertz CT molecular complexity index is 1470. The maximum absolute atomic E-state index is 13.5. The first kappa shape index (κ1) is 23.5. The summed E-state index contributed by atoms with van der Waals surface area (Å²) in [7, 11) is 2.93. The van der Waals surface area contributed by atoms with Crippen LogP contribution in [0.25, 0.3) is 22.2 Å². The summed E-state index contributed by atoms with van der Waals surface area (Å²) in [5, 5.41) is 12.2. The van der Waals surface area contributed by atoms with E-state index in [9.17, 15) is 19.5 Å². The molecule has 1 aromatic heterocycles. The summed E-state index contributed by atoms with van der Waals surface area (Å²) in [5.41, 5.74) is 4.25. The Hall–Kier alpha value is -4.66. The van der Waals surface area contributed by atoms with Crippen LogP contribution in [0, 0.1) is 13.8 Å². The van der Waals surface area contributed by atoms with E-state index in [1.54, 1.807) is 31.2 Å². The van der Waals surface area contributed by atoms with Crippen molar-refractivity contribution >= 4 is 40.7 Å². The zero-order chi connectivity index (χ0) is 25.3. The molecule has 0 aliphatic rings. The number of carbonyl (C=O) groups excluding carboxylic acids is 2. The second-order valence-corrected chi connectivity index (χ2v) is 8.05. The summed E-state index contributed by atoms with van der Waals surface area (Å²) in [6, 6.07) is 13.8. The maximum Gasteiger partial charge on any atom is 0.337 e. The van der Waals surface area contributed by atoms with Crippen LogP contribution in [0.1, 0.15) is 32.1 Å². The molecular weight excluding hydrogens is 448 g/mol. The standard InChI is InChI=1S/C26H24N4O5/c1-14-8-11-21(19(12-14)26(33)34)30(3)25(32)18-10-9-17(24(35-4)23(18)27-13-31)16-6-5-7-20-22(16)29-15(2)28-20/h5-13H,1-4H3,(H,27,31)(H,28,29)(H,33,34). The molecule has 3 aromatic carbocycles. The molecule has 4 rings (SSSR count). The number of aromatic carboxylic acids is 1. The number of carbonyl (C=O) groups is 3. The third-order valence-corrected chi connectivity index (χ3v) is 5.77. The number of hydrogen-bond donors (Lipinski definition) is 3. The van der Waals surface area contributed by atoms with Crippen LogP contribution in [0.15, 0.2) is 48.5 Å². The molecule has 1 heterocycles. The van der Waals surface area contributed by atoms with E-state index in [0.29, 0.717) is 12.0 Å². The van der Waals surface area contributed by atoms with E-state index in [1.807, 2.05) is 25.1 Å². The first-order valence-electron chi connectivity index (χ1n) is 10.8. The summed E-state index contributed by atoms with van der Waals surface area (Å²) in [4.78, 5) is 45.8. The molecule has 0 fully saturated rings. The Morgan fingerprint density at radius 3 is 2.54 bits per heavy atom. The highest BCUT2D eigenvalue weighted by Crippen LogP contribution is 2.41. The number of rotatable bonds is 7. The second kappa shape index (κ2) is 9.30. The summed E-state index contributed by atoms with van der Waals surface area (Å²) in [6.45, 7) is 3.63. The molecule has 35 heavy (non-hydrogen) atoms. The Balaban J connectivity index is 1.87. The van der Waals surface area contributed by atoms with Crippen LogP contribution < -0.4 is 15.0 Å². The molecule has 0 spiro atoms. The van der Waals surface area contributed by atoms with Gasteiger partial charge in [-0.15, -0.1) is 0 Å². The van der Waals surface area contributed by atoms with E-state index in [4.69, 9.17) is 4.74 Å². The Kier molecular flexibility index (Phi) is 6.24. The average molecular weight is 473 g/mol. The lowest BCUT2D eigenvalue weighted by atomic mass is 9.98. The summed E-state index contributed by atoms with van der Waals surface area (Å²) in [6.07, 6.45) is 0.465. The molecule has 178 valence electrons. The number of fused-ring (bicyclic) bond motifs is 1. The fourth-order valence-electron chi connectivity index (χ4n) is 4.16. The Morgan fingerprint density at radius 2 is 1.86 bits per heavy atom. The molecule has 3 N–H and O–H groups in total. The molecule has 0 aliphatic heterocycles. The van der Waals surface area contributed by atoms with Crippen molar-refractivity contribution in [1.82, 2.24) is 9.97 Å². The van der Waals surface area contributed by atoms with Gasteiger partial charge in [0.1, 0.15) is 5.82 Å². The normalized spacial score (nSPS) is 10.7. The van der Waals surface area contributed by atoms with Crippen molar-refractivity contribution in [2.24, 2.45) is 0 Å². The van der Waals surface area contributed by atoms with Gasteiger partial charge in [0, 0.05) is 18.2 Å². The van der Waals surface area contributed by atoms with Crippen molar-refractivity contribution < 1.29 is 24.2 Å². The summed E-state index contributed by atoms with van der Waals surface area (Å²) < 4.78 is 5.67. The highest BCUT2D eigenvalue weighted by molar-refractivity contribution is 6.14. The number of carboxylic acids is 1. The number of aromatic nitrogens is 2. The number of aryl methyl sites for hydroxylation is 2. The van der Waals surface area contributed by atoms with Gasteiger partial charge in [0.05, 0.1) is 40.6 Å². The highest BCUT2D eigenvalue weighted by Gasteiger charge is 2.26. The van der Waals surface area contributed by atoms with E-state index in [1.165, 1.54) is 25.1 Å². The van der Waals surface area contributed by atoms with Gasteiger partial charge < -0.3 is 25.0 Å². The summed E-state index contributed by atoms with van der Waals surface area (Å²) in [5.74, 6) is -0.630. The van der Waals surface area contributed by atoms with Gasteiger partial charge >= 0.3 is 5.97 Å². The van der Waals surface area contributed by atoms with Crippen LogP contribution in [0.5, 0.6) is 5.75 Å². The minimum absolute atomic E-state index is 0.00471. The van der Waals surface area contributed by atoms with Crippen molar-refractivity contribution in [3.63, 3.8) is 0 Å². The van der Waals surface area contributed by atoms with Crippen molar-refractivity contribution in [2.45, 2.75) is 13.8 Å². The van der Waals surface area contributed by atoms with Crippen LogP contribution in [-0.4, -0.2) is 47.5 Å². The largest absolute Gasteiger partial charge is 0.494 e. The van der Waals surface area contributed by atoms with Crippen LogP contribution in [0.2, 0.25) is 0 Å². The van der Waals surface area contributed by atoms with Gasteiger partial charge in [-0.25, -0.2) is 9.78 Å². The number of anilines is 2. The molecular formula is C26H24N4O5. The molecule has 0 unspecified atom stereocenters. The topological polar surface area (TPSA) is 125 Å². The van der Waals surface area contributed by atoms with Gasteiger partial charge in [-0.3, -0.25) is 9.59 Å². The van der Waals surface area contributed by atoms with E-state index >= 15 is 0 Å². The molecule has 0 aliphatic carbocycles. The molecule has 9 nitrogen and oxygen atoms in total. The highest BCUT2D eigenvalue weighted by atomic mass is 16.5. The molecule has 0 saturated carbocycles. The number of carboxylic acid groups (broad SMARTS) is 1. The molecule has 2 amide bonds. The smallest absolute Gasteiger partial charge is 0.337 e. The third-order valence-electron chi connectivity index (χ3n) is 5.77. The van der Waals surface area contributed by atoms with Gasteiger partial charge in [0.25, 0.3) is 5.91 Å². The van der Waals surface area contributed by atoms with E-state index in [-0.39, 0.29) is 28.3 Å². The number of hydrogen-bond acceptors (Lipinski definition) is 5. The van der Waals surface area contributed by atoms with E-state index in [0.717, 1.165) is 28.0 Å². The van der Waals surface area contributed by atoms with E-state index < -0.39 is 11.9 Å². The molecule has 0 radical (unpaired) electrons. The first-order chi connectivity index (χ1) is 16.8. The zero-order valence-corrected chi connectivity index (χ0v) is 19.7. The fraction of sp³-hybridized carbons (Fsp3) is 0.154. The number of amides is 2. The van der Waals surface area contributed by atoms with Gasteiger partial charge in [-0.1, -0.05) is 23.8 Å². The number of ether oxygens (including phenoxy) is 1. The van der Waals surface area contributed by atoms with Gasteiger partial charge in [-0.05, 0) is 44.2 Å². The predicted octanol–water partition coefficient (Wildman–Crippen LogP) is 4.40. The third kappa shape index (κ3) is 4.19.